The molecule has 0 bridgehead atoms. The summed E-state index contributed by atoms with van der Waals surface area (Å²) >= 11 is 0. The summed E-state index contributed by atoms with van der Waals surface area (Å²) in [5, 5.41) is 8.79. The van der Waals surface area contributed by atoms with Crippen LogP contribution in [0.15, 0.2) is 47.4 Å². The van der Waals surface area contributed by atoms with Gasteiger partial charge in [0, 0.05) is 14.1 Å². The highest BCUT2D eigenvalue weighted by molar-refractivity contribution is 7.89. The lowest BCUT2D eigenvalue weighted by atomic mass is 10.0. The van der Waals surface area contributed by atoms with Crippen LogP contribution in [0.5, 0.6) is 0 Å². The fourth-order valence-electron chi connectivity index (χ4n) is 1.90. The molecule has 0 aliphatic heterocycles. The SMILES string of the molecule is CN(C)S(=O)(=O)c1ccc(-c2ccc(C(=O)O)c(F)c2)cc1. The van der Waals surface area contributed by atoms with Gasteiger partial charge in [-0.2, -0.15) is 0 Å². The second kappa shape index (κ2) is 5.86. The van der Waals surface area contributed by atoms with E-state index in [9.17, 15) is 17.6 Å². The molecule has 2 rings (SSSR count). The van der Waals surface area contributed by atoms with Gasteiger partial charge in [0.1, 0.15) is 5.82 Å². The van der Waals surface area contributed by atoms with Crippen LogP contribution >= 0.6 is 0 Å². The van der Waals surface area contributed by atoms with E-state index in [1.807, 2.05) is 0 Å². The number of halogens is 1. The molecule has 2 aromatic rings. The summed E-state index contributed by atoms with van der Waals surface area (Å²) in [5.74, 6) is -2.17. The normalized spacial score (nSPS) is 11.6. The Balaban J connectivity index is 2.40. The van der Waals surface area contributed by atoms with Crippen molar-refractivity contribution in [2.24, 2.45) is 0 Å². The fourth-order valence-corrected chi connectivity index (χ4v) is 2.80. The molecule has 0 fully saturated rings. The Morgan fingerprint density at radius 1 is 1.05 bits per heavy atom. The molecule has 1 N–H and O–H groups in total. The van der Waals surface area contributed by atoms with Crippen LogP contribution < -0.4 is 0 Å². The van der Waals surface area contributed by atoms with Crippen LogP contribution in [0.25, 0.3) is 11.1 Å². The molecular weight excluding hydrogens is 309 g/mol. The minimum absolute atomic E-state index is 0.129. The van der Waals surface area contributed by atoms with Crippen molar-refractivity contribution >= 4 is 16.0 Å². The van der Waals surface area contributed by atoms with Gasteiger partial charge in [0.15, 0.2) is 0 Å². The van der Waals surface area contributed by atoms with Gasteiger partial charge in [0.2, 0.25) is 10.0 Å². The summed E-state index contributed by atoms with van der Waals surface area (Å²) in [4.78, 5) is 10.9. The number of benzene rings is 2. The smallest absolute Gasteiger partial charge is 0.338 e. The van der Waals surface area contributed by atoms with Gasteiger partial charge < -0.3 is 5.11 Å². The van der Waals surface area contributed by atoms with Gasteiger partial charge >= 0.3 is 5.97 Å². The Kier molecular flexibility index (Phi) is 4.30. The van der Waals surface area contributed by atoms with Crippen molar-refractivity contribution in [1.82, 2.24) is 4.31 Å². The monoisotopic (exact) mass is 323 g/mol. The van der Waals surface area contributed by atoms with E-state index in [1.54, 1.807) is 12.1 Å². The Morgan fingerprint density at radius 3 is 2.05 bits per heavy atom. The minimum Gasteiger partial charge on any atom is -0.478 e. The topological polar surface area (TPSA) is 74.7 Å². The van der Waals surface area contributed by atoms with E-state index in [0.29, 0.717) is 11.1 Å². The number of nitrogens with zero attached hydrogens (tertiary/aromatic N) is 1. The number of carbonyl (C=O) groups is 1. The molecule has 5 nitrogen and oxygen atoms in total. The van der Waals surface area contributed by atoms with Crippen LogP contribution in [0, 0.1) is 5.82 Å². The molecule has 0 radical (unpaired) electrons. The van der Waals surface area contributed by atoms with E-state index in [2.05, 4.69) is 0 Å². The van der Waals surface area contributed by atoms with Crippen LogP contribution in [-0.4, -0.2) is 37.9 Å². The maximum atomic E-state index is 13.7. The number of rotatable bonds is 4. The lowest BCUT2D eigenvalue weighted by Gasteiger charge is -2.11. The molecule has 0 saturated carbocycles. The maximum absolute atomic E-state index is 13.7. The lowest BCUT2D eigenvalue weighted by molar-refractivity contribution is 0.0692. The van der Waals surface area contributed by atoms with Crippen molar-refractivity contribution in [3.8, 4) is 11.1 Å². The molecule has 0 saturated heterocycles. The van der Waals surface area contributed by atoms with E-state index < -0.39 is 27.4 Å². The predicted molar refractivity (Wildman–Crippen MR) is 79.7 cm³/mol. The number of carboxylic acids is 1. The molecule has 0 spiro atoms. The zero-order valence-electron chi connectivity index (χ0n) is 11.9. The molecule has 0 unspecified atom stereocenters. The quantitative estimate of drug-likeness (QED) is 0.938. The van der Waals surface area contributed by atoms with Crippen molar-refractivity contribution in [3.05, 3.63) is 53.8 Å². The van der Waals surface area contributed by atoms with Crippen LogP contribution in [0.1, 0.15) is 10.4 Å². The van der Waals surface area contributed by atoms with Crippen LogP contribution in [0.3, 0.4) is 0 Å². The van der Waals surface area contributed by atoms with Crippen molar-refractivity contribution in [2.75, 3.05) is 14.1 Å². The molecule has 22 heavy (non-hydrogen) atoms. The Bertz CT molecular complexity index is 814. The average molecular weight is 323 g/mol. The molecule has 0 heterocycles. The van der Waals surface area contributed by atoms with Gasteiger partial charge in [0.05, 0.1) is 10.5 Å². The standard InChI is InChI=1S/C15H14FNO4S/c1-17(2)22(20,21)12-6-3-10(4-7-12)11-5-8-13(15(18)19)14(16)9-11/h3-9H,1-2H3,(H,18,19). The van der Waals surface area contributed by atoms with E-state index in [-0.39, 0.29) is 4.90 Å². The van der Waals surface area contributed by atoms with Crippen LogP contribution in [0.2, 0.25) is 0 Å². The second-order valence-corrected chi connectivity index (χ2v) is 6.96. The number of aromatic carboxylic acids is 1. The number of hydrogen-bond donors (Lipinski definition) is 1. The first-order valence-corrected chi connectivity index (χ1v) is 7.73. The molecule has 116 valence electrons. The van der Waals surface area contributed by atoms with Gasteiger partial charge in [-0.15, -0.1) is 0 Å². The van der Waals surface area contributed by atoms with Gasteiger partial charge in [-0.25, -0.2) is 21.9 Å². The van der Waals surface area contributed by atoms with Gasteiger partial charge in [-0.3, -0.25) is 0 Å². The van der Waals surface area contributed by atoms with Gasteiger partial charge in [-0.1, -0.05) is 18.2 Å². The van der Waals surface area contributed by atoms with Crippen molar-refractivity contribution in [3.63, 3.8) is 0 Å². The Hall–Kier alpha value is -2.25. The van der Waals surface area contributed by atoms with Crippen LogP contribution in [-0.2, 0) is 10.0 Å². The molecule has 7 heteroatoms. The Labute approximate surface area is 127 Å². The first-order valence-electron chi connectivity index (χ1n) is 6.29. The summed E-state index contributed by atoms with van der Waals surface area (Å²) in [6.45, 7) is 0. The highest BCUT2D eigenvalue weighted by atomic mass is 32.2. The van der Waals surface area contributed by atoms with E-state index in [1.165, 1.54) is 38.4 Å². The van der Waals surface area contributed by atoms with E-state index in [4.69, 9.17) is 5.11 Å². The summed E-state index contributed by atoms with van der Waals surface area (Å²) < 4.78 is 38.7. The Morgan fingerprint density at radius 2 is 1.59 bits per heavy atom. The zero-order chi connectivity index (χ0) is 16.5. The molecule has 0 aliphatic rings. The third-order valence-corrected chi connectivity index (χ3v) is 5.00. The minimum atomic E-state index is -3.52. The average Bonchev–Trinajstić information content (AvgIpc) is 2.46. The first-order chi connectivity index (χ1) is 10.2. The van der Waals surface area contributed by atoms with Crippen molar-refractivity contribution in [1.29, 1.82) is 0 Å². The third-order valence-electron chi connectivity index (χ3n) is 3.17. The molecule has 0 aliphatic carbocycles. The molecule has 2 aromatic carbocycles. The van der Waals surface area contributed by atoms with Crippen molar-refractivity contribution < 1.29 is 22.7 Å². The highest BCUT2D eigenvalue weighted by Crippen LogP contribution is 2.24. The summed E-state index contributed by atoms with van der Waals surface area (Å²) in [7, 11) is -0.653. The molecular formula is C15H14FNO4S. The molecule has 0 atom stereocenters. The number of sulfonamides is 1. The highest BCUT2D eigenvalue weighted by Gasteiger charge is 2.17. The molecule has 0 aromatic heterocycles. The fraction of sp³-hybridized carbons (Fsp3) is 0.133. The van der Waals surface area contributed by atoms with Crippen molar-refractivity contribution in [2.45, 2.75) is 4.90 Å². The molecule has 0 amide bonds. The zero-order valence-corrected chi connectivity index (χ0v) is 12.8. The summed E-state index contributed by atoms with van der Waals surface area (Å²) in [6.07, 6.45) is 0. The maximum Gasteiger partial charge on any atom is 0.338 e. The van der Waals surface area contributed by atoms with Gasteiger partial charge in [-0.05, 0) is 35.4 Å². The second-order valence-electron chi connectivity index (χ2n) is 4.81. The van der Waals surface area contributed by atoms with Crippen LogP contribution in [0.4, 0.5) is 4.39 Å². The number of carboxylic acid groups (broad SMARTS) is 1. The summed E-state index contributed by atoms with van der Waals surface area (Å²) in [5.41, 5.74) is 0.653. The van der Waals surface area contributed by atoms with Gasteiger partial charge in [0.25, 0.3) is 0 Å². The van der Waals surface area contributed by atoms with E-state index >= 15 is 0 Å². The van der Waals surface area contributed by atoms with E-state index in [0.717, 1.165) is 10.4 Å². The summed E-state index contributed by atoms with van der Waals surface area (Å²) in [6, 6.07) is 9.71. The third kappa shape index (κ3) is 3.00. The lowest BCUT2D eigenvalue weighted by Crippen LogP contribution is -2.22. The number of hydrogen-bond acceptors (Lipinski definition) is 3. The predicted octanol–water partition coefficient (Wildman–Crippen LogP) is 2.44. The first kappa shape index (κ1) is 16.1. The largest absolute Gasteiger partial charge is 0.478 e.